The minimum Gasteiger partial charge on any atom is -0.480 e. The molecule has 0 radical (unpaired) electrons. The summed E-state index contributed by atoms with van der Waals surface area (Å²) in [5, 5.41) is 8.69. The first kappa shape index (κ1) is 11.7. The number of carbonyl (C=O) groups is 2. The van der Waals surface area contributed by atoms with Gasteiger partial charge in [0.25, 0.3) is 0 Å². The van der Waals surface area contributed by atoms with E-state index < -0.39 is 18.1 Å². The summed E-state index contributed by atoms with van der Waals surface area (Å²) in [5.41, 5.74) is 0. The maximum absolute atomic E-state index is 10.9. The third-order valence-corrected chi connectivity index (χ3v) is 1.54. The fourth-order valence-electron chi connectivity index (χ4n) is 0.778. The highest BCUT2D eigenvalue weighted by molar-refractivity contribution is 5.79. The average Bonchev–Trinajstić information content (AvgIpc) is 2.11. The van der Waals surface area contributed by atoms with E-state index >= 15 is 0 Å². The molecular formula is C7H13NO5. The van der Waals surface area contributed by atoms with Crippen molar-refractivity contribution in [2.45, 2.75) is 6.04 Å². The van der Waals surface area contributed by atoms with Gasteiger partial charge in [0.1, 0.15) is 0 Å². The number of likely N-dealkylation sites (N-methyl/N-ethyl adjacent to an activating group) is 1. The molecule has 76 valence electrons. The summed E-state index contributed by atoms with van der Waals surface area (Å²) in [7, 11) is 3.88. The Morgan fingerprint density at radius 3 is 2.31 bits per heavy atom. The Labute approximate surface area is 76.0 Å². The Balaban J connectivity index is 4.35. The van der Waals surface area contributed by atoms with Gasteiger partial charge < -0.3 is 14.6 Å². The van der Waals surface area contributed by atoms with Crippen LogP contribution in [0.4, 0.5) is 4.79 Å². The van der Waals surface area contributed by atoms with Gasteiger partial charge in [-0.2, -0.15) is 0 Å². The number of amides is 1. The van der Waals surface area contributed by atoms with Gasteiger partial charge in [0.2, 0.25) is 0 Å². The molecule has 0 aromatic rings. The van der Waals surface area contributed by atoms with E-state index in [1.165, 1.54) is 21.3 Å². The molecule has 0 aliphatic carbocycles. The van der Waals surface area contributed by atoms with E-state index in [0.717, 1.165) is 4.90 Å². The predicted molar refractivity (Wildman–Crippen MR) is 43.5 cm³/mol. The molecule has 0 aliphatic rings. The van der Waals surface area contributed by atoms with Crippen molar-refractivity contribution < 1.29 is 24.2 Å². The highest BCUT2D eigenvalue weighted by Crippen LogP contribution is 1.99. The second-order valence-corrected chi connectivity index (χ2v) is 2.39. The first-order valence-corrected chi connectivity index (χ1v) is 3.57. The van der Waals surface area contributed by atoms with Crippen LogP contribution in [0.25, 0.3) is 0 Å². The van der Waals surface area contributed by atoms with E-state index in [-0.39, 0.29) is 6.61 Å². The molecule has 0 aliphatic heterocycles. The highest BCUT2D eigenvalue weighted by atomic mass is 16.5. The van der Waals surface area contributed by atoms with E-state index in [1.807, 2.05) is 0 Å². The molecule has 1 amide bonds. The zero-order valence-corrected chi connectivity index (χ0v) is 7.81. The van der Waals surface area contributed by atoms with Crippen LogP contribution in [0.1, 0.15) is 0 Å². The number of hydrogen-bond donors (Lipinski definition) is 1. The molecule has 0 rings (SSSR count). The molecular weight excluding hydrogens is 178 g/mol. The lowest BCUT2D eigenvalue weighted by Crippen LogP contribution is -2.45. The molecule has 0 bridgehead atoms. The monoisotopic (exact) mass is 191 g/mol. The molecule has 0 unspecified atom stereocenters. The average molecular weight is 191 g/mol. The second kappa shape index (κ2) is 5.36. The maximum atomic E-state index is 10.9. The number of methoxy groups -OCH3 is 2. The van der Waals surface area contributed by atoms with Crippen molar-refractivity contribution in [2.24, 2.45) is 0 Å². The highest BCUT2D eigenvalue weighted by Gasteiger charge is 2.26. The number of rotatable bonds is 4. The minimum absolute atomic E-state index is 0.0685. The van der Waals surface area contributed by atoms with Crippen LogP contribution in [0.2, 0.25) is 0 Å². The van der Waals surface area contributed by atoms with Gasteiger partial charge in [0, 0.05) is 14.2 Å². The van der Waals surface area contributed by atoms with Gasteiger partial charge in [-0.05, 0) is 0 Å². The Morgan fingerprint density at radius 1 is 1.46 bits per heavy atom. The molecule has 0 spiro atoms. The van der Waals surface area contributed by atoms with E-state index in [0.29, 0.717) is 0 Å². The number of nitrogens with zero attached hydrogens (tertiary/aromatic N) is 1. The summed E-state index contributed by atoms with van der Waals surface area (Å²) in [4.78, 5) is 22.5. The van der Waals surface area contributed by atoms with Crippen LogP contribution < -0.4 is 0 Å². The molecule has 0 fully saturated rings. The van der Waals surface area contributed by atoms with Crippen molar-refractivity contribution in [3.05, 3.63) is 0 Å². The van der Waals surface area contributed by atoms with E-state index in [2.05, 4.69) is 9.47 Å². The van der Waals surface area contributed by atoms with Crippen LogP contribution in [0.3, 0.4) is 0 Å². The normalized spacial score (nSPS) is 11.9. The zero-order valence-electron chi connectivity index (χ0n) is 7.81. The lowest BCUT2D eigenvalue weighted by atomic mass is 10.3. The van der Waals surface area contributed by atoms with Crippen LogP contribution in [-0.4, -0.2) is 56.0 Å². The smallest absolute Gasteiger partial charge is 0.410 e. The molecule has 6 nitrogen and oxygen atoms in total. The van der Waals surface area contributed by atoms with Gasteiger partial charge in [-0.1, -0.05) is 0 Å². The molecule has 1 N–H and O–H groups in total. The fourth-order valence-corrected chi connectivity index (χ4v) is 0.778. The molecule has 0 aromatic carbocycles. The molecule has 0 saturated heterocycles. The van der Waals surface area contributed by atoms with Gasteiger partial charge in [-0.3, -0.25) is 4.90 Å². The van der Waals surface area contributed by atoms with Crippen LogP contribution in [0.5, 0.6) is 0 Å². The van der Waals surface area contributed by atoms with Crippen LogP contribution in [0, 0.1) is 0 Å². The van der Waals surface area contributed by atoms with Gasteiger partial charge in [-0.15, -0.1) is 0 Å². The number of carbonyl (C=O) groups excluding carboxylic acids is 1. The SMILES string of the molecule is COC[C@@H](C(=O)O)N(C)C(=O)OC. The minimum atomic E-state index is -1.13. The Kier molecular flexibility index (Phi) is 4.83. The number of carboxylic acids is 1. The number of carboxylic acid groups (broad SMARTS) is 1. The van der Waals surface area contributed by atoms with Crippen LogP contribution in [-0.2, 0) is 14.3 Å². The first-order chi connectivity index (χ1) is 6.04. The lowest BCUT2D eigenvalue weighted by Gasteiger charge is -2.22. The maximum Gasteiger partial charge on any atom is 0.410 e. The number of aliphatic carboxylic acids is 1. The third kappa shape index (κ3) is 3.29. The third-order valence-electron chi connectivity index (χ3n) is 1.54. The largest absolute Gasteiger partial charge is 0.480 e. The predicted octanol–water partition coefficient (Wildman–Crippen LogP) is -0.216. The Morgan fingerprint density at radius 2 is 2.00 bits per heavy atom. The molecule has 0 saturated carbocycles. The zero-order chi connectivity index (χ0) is 10.4. The van der Waals surface area contributed by atoms with E-state index in [9.17, 15) is 9.59 Å². The number of ether oxygens (including phenoxy) is 2. The van der Waals surface area contributed by atoms with Gasteiger partial charge in [0.05, 0.1) is 13.7 Å². The van der Waals surface area contributed by atoms with Crippen LogP contribution >= 0.6 is 0 Å². The van der Waals surface area contributed by atoms with Gasteiger partial charge in [0.15, 0.2) is 6.04 Å². The van der Waals surface area contributed by atoms with Crippen molar-refractivity contribution in [3.63, 3.8) is 0 Å². The summed E-state index contributed by atoms with van der Waals surface area (Å²) in [6.45, 7) is -0.0685. The standard InChI is InChI=1S/C7H13NO5/c1-8(7(11)13-3)5(4-12-2)6(9)10/h5H,4H2,1-3H3,(H,9,10)/t5-/m0/s1. The van der Waals surface area contributed by atoms with Crippen molar-refractivity contribution in [1.29, 1.82) is 0 Å². The van der Waals surface area contributed by atoms with E-state index in [1.54, 1.807) is 0 Å². The fraction of sp³-hybridized carbons (Fsp3) is 0.714. The number of hydrogen-bond acceptors (Lipinski definition) is 4. The van der Waals surface area contributed by atoms with Crippen LogP contribution in [0.15, 0.2) is 0 Å². The van der Waals surface area contributed by atoms with Gasteiger partial charge in [-0.25, -0.2) is 9.59 Å². The molecule has 0 aromatic heterocycles. The first-order valence-electron chi connectivity index (χ1n) is 3.57. The van der Waals surface area contributed by atoms with Gasteiger partial charge >= 0.3 is 12.1 Å². The molecule has 6 heteroatoms. The van der Waals surface area contributed by atoms with Crippen molar-refractivity contribution in [1.82, 2.24) is 4.90 Å². The Hall–Kier alpha value is -1.30. The topological polar surface area (TPSA) is 76.1 Å². The summed E-state index contributed by atoms with van der Waals surface area (Å²) >= 11 is 0. The van der Waals surface area contributed by atoms with Crippen molar-refractivity contribution in [3.8, 4) is 0 Å². The summed E-state index contributed by atoms with van der Waals surface area (Å²) < 4.78 is 9.01. The molecule has 1 atom stereocenters. The second-order valence-electron chi connectivity index (χ2n) is 2.39. The molecule has 13 heavy (non-hydrogen) atoms. The Bertz CT molecular complexity index is 193. The van der Waals surface area contributed by atoms with Crippen molar-refractivity contribution >= 4 is 12.1 Å². The lowest BCUT2D eigenvalue weighted by molar-refractivity contribution is -0.144. The summed E-state index contributed by atoms with van der Waals surface area (Å²) in [6.07, 6.45) is -0.704. The van der Waals surface area contributed by atoms with Crippen molar-refractivity contribution in [2.75, 3.05) is 27.9 Å². The van der Waals surface area contributed by atoms with E-state index in [4.69, 9.17) is 5.11 Å². The molecule has 0 heterocycles. The summed E-state index contributed by atoms with van der Waals surface area (Å²) in [5.74, 6) is -1.13. The quantitative estimate of drug-likeness (QED) is 0.665. The summed E-state index contributed by atoms with van der Waals surface area (Å²) in [6, 6.07) is -1.02.